The van der Waals surface area contributed by atoms with Crippen LogP contribution in [0.3, 0.4) is 0 Å². The Morgan fingerprint density at radius 1 is 1.35 bits per heavy atom. The number of hydrogen-bond acceptors (Lipinski definition) is 3. The van der Waals surface area contributed by atoms with Gasteiger partial charge in [-0.3, -0.25) is 9.58 Å². The molecule has 0 saturated heterocycles. The van der Waals surface area contributed by atoms with Gasteiger partial charge in [0.25, 0.3) is 0 Å². The van der Waals surface area contributed by atoms with Gasteiger partial charge in [-0.1, -0.05) is 17.7 Å². The second-order valence-electron chi connectivity index (χ2n) is 5.50. The number of aromatic nitrogens is 2. The Morgan fingerprint density at radius 2 is 2.10 bits per heavy atom. The number of rotatable bonds is 5. The molecule has 0 saturated carbocycles. The standard InChI is InChI=1S/C16H24N4/c1-12-5-6-14(11-19(3)13(2)10-17)15(9-12)16-7-8-18-20(16)4/h5-9,13H,10-11,17H2,1-4H3. The first-order valence-electron chi connectivity index (χ1n) is 7.01. The van der Waals surface area contributed by atoms with E-state index >= 15 is 0 Å². The molecule has 0 aliphatic rings. The summed E-state index contributed by atoms with van der Waals surface area (Å²) in [6, 6.07) is 9.03. The molecule has 0 aliphatic carbocycles. The number of hydrogen-bond donors (Lipinski definition) is 1. The molecule has 2 rings (SSSR count). The molecule has 0 bridgehead atoms. The Balaban J connectivity index is 2.37. The predicted molar refractivity (Wildman–Crippen MR) is 83.4 cm³/mol. The van der Waals surface area contributed by atoms with Crippen LogP contribution in [-0.4, -0.2) is 34.3 Å². The van der Waals surface area contributed by atoms with Crippen LogP contribution in [0.2, 0.25) is 0 Å². The highest BCUT2D eigenvalue weighted by atomic mass is 15.3. The first-order valence-corrected chi connectivity index (χ1v) is 7.01. The third-order valence-electron chi connectivity index (χ3n) is 3.88. The maximum Gasteiger partial charge on any atom is 0.0682 e. The number of nitrogens with two attached hydrogens (primary N) is 1. The minimum absolute atomic E-state index is 0.371. The van der Waals surface area contributed by atoms with Crippen molar-refractivity contribution in [3.05, 3.63) is 41.6 Å². The van der Waals surface area contributed by atoms with E-state index in [1.807, 2.05) is 17.9 Å². The molecular formula is C16H24N4. The maximum absolute atomic E-state index is 5.75. The molecule has 2 N–H and O–H groups in total. The average Bonchev–Trinajstić information content (AvgIpc) is 2.85. The van der Waals surface area contributed by atoms with Gasteiger partial charge in [-0.05, 0) is 38.6 Å². The Bertz CT molecular complexity index is 574. The van der Waals surface area contributed by atoms with E-state index in [0.29, 0.717) is 12.6 Å². The highest BCUT2D eigenvalue weighted by Crippen LogP contribution is 2.25. The molecule has 0 aliphatic heterocycles. The van der Waals surface area contributed by atoms with E-state index in [-0.39, 0.29) is 0 Å². The summed E-state index contributed by atoms with van der Waals surface area (Å²) in [5.74, 6) is 0. The molecule has 4 nitrogen and oxygen atoms in total. The van der Waals surface area contributed by atoms with Crippen molar-refractivity contribution in [2.45, 2.75) is 26.4 Å². The van der Waals surface area contributed by atoms with E-state index < -0.39 is 0 Å². The van der Waals surface area contributed by atoms with E-state index in [4.69, 9.17) is 5.73 Å². The van der Waals surface area contributed by atoms with E-state index in [1.54, 1.807) is 0 Å². The second-order valence-corrected chi connectivity index (χ2v) is 5.50. The molecule has 0 radical (unpaired) electrons. The first kappa shape index (κ1) is 14.8. The van der Waals surface area contributed by atoms with E-state index in [1.165, 1.54) is 16.7 Å². The summed E-state index contributed by atoms with van der Waals surface area (Å²) in [4.78, 5) is 2.28. The molecular weight excluding hydrogens is 248 g/mol. The molecule has 1 unspecified atom stereocenters. The smallest absolute Gasteiger partial charge is 0.0682 e. The second kappa shape index (κ2) is 6.20. The van der Waals surface area contributed by atoms with Crippen molar-refractivity contribution in [1.29, 1.82) is 0 Å². The largest absolute Gasteiger partial charge is 0.329 e. The van der Waals surface area contributed by atoms with Crippen LogP contribution in [0.5, 0.6) is 0 Å². The van der Waals surface area contributed by atoms with Crippen molar-refractivity contribution < 1.29 is 0 Å². The first-order chi connectivity index (χ1) is 9.52. The van der Waals surface area contributed by atoms with Gasteiger partial charge in [-0.2, -0.15) is 5.10 Å². The van der Waals surface area contributed by atoms with Gasteiger partial charge in [-0.15, -0.1) is 0 Å². The van der Waals surface area contributed by atoms with Crippen molar-refractivity contribution in [3.63, 3.8) is 0 Å². The summed E-state index contributed by atoms with van der Waals surface area (Å²) in [5.41, 5.74) is 10.7. The van der Waals surface area contributed by atoms with Crippen molar-refractivity contribution >= 4 is 0 Å². The fraction of sp³-hybridized carbons (Fsp3) is 0.438. The van der Waals surface area contributed by atoms with Gasteiger partial charge in [0.05, 0.1) is 5.69 Å². The van der Waals surface area contributed by atoms with Gasteiger partial charge in [0.15, 0.2) is 0 Å². The van der Waals surface area contributed by atoms with Gasteiger partial charge in [0, 0.05) is 37.9 Å². The van der Waals surface area contributed by atoms with Crippen LogP contribution in [0.25, 0.3) is 11.3 Å². The zero-order valence-corrected chi connectivity index (χ0v) is 12.8. The molecule has 0 fully saturated rings. The summed E-state index contributed by atoms with van der Waals surface area (Å²) >= 11 is 0. The molecule has 1 heterocycles. The fourth-order valence-electron chi connectivity index (χ4n) is 2.31. The van der Waals surface area contributed by atoms with Gasteiger partial charge in [0.1, 0.15) is 0 Å². The van der Waals surface area contributed by atoms with Crippen LogP contribution in [0.1, 0.15) is 18.1 Å². The molecule has 2 aromatic rings. The van der Waals surface area contributed by atoms with Crippen molar-refractivity contribution in [1.82, 2.24) is 14.7 Å². The Labute approximate surface area is 121 Å². The molecule has 20 heavy (non-hydrogen) atoms. The SMILES string of the molecule is Cc1ccc(CN(C)C(C)CN)c(-c2ccnn2C)c1. The van der Waals surface area contributed by atoms with Crippen LogP contribution < -0.4 is 5.73 Å². The minimum atomic E-state index is 0.371. The highest BCUT2D eigenvalue weighted by Gasteiger charge is 2.13. The van der Waals surface area contributed by atoms with E-state index in [0.717, 1.165) is 12.2 Å². The van der Waals surface area contributed by atoms with Gasteiger partial charge >= 0.3 is 0 Å². The summed E-state index contributed by atoms with van der Waals surface area (Å²) in [5, 5.41) is 4.28. The number of aryl methyl sites for hydroxylation is 2. The van der Waals surface area contributed by atoms with E-state index in [2.05, 4.69) is 55.2 Å². The normalized spacial score (nSPS) is 12.9. The fourth-order valence-corrected chi connectivity index (χ4v) is 2.31. The number of nitrogens with zero attached hydrogens (tertiary/aromatic N) is 3. The van der Waals surface area contributed by atoms with E-state index in [9.17, 15) is 0 Å². The lowest BCUT2D eigenvalue weighted by atomic mass is 10.0. The number of likely N-dealkylation sites (N-methyl/N-ethyl adjacent to an activating group) is 1. The highest BCUT2D eigenvalue weighted by molar-refractivity contribution is 5.64. The molecule has 108 valence electrons. The minimum Gasteiger partial charge on any atom is -0.329 e. The Kier molecular flexibility index (Phi) is 4.57. The number of benzene rings is 1. The topological polar surface area (TPSA) is 47.1 Å². The lowest BCUT2D eigenvalue weighted by molar-refractivity contribution is 0.255. The van der Waals surface area contributed by atoms with Crippen molar-refractivity contribution in [2.75, 3.05) is 13.6 Å². The molecule has 1 aromatic heterocycles. The lowest BCUT2D eigenvalue weighted by Gasteiger charge is -2.24. The molecule has 0 spiro atoms. The lowest BCUT2D eigenvalue weighted by Crippen LogP contribution is -2.34. The van der Waals surface area contributed by atoms with Gasteiger partial charge in [-0.25, -0.2) is 0 Å². The molecule has 4 heteroatoms. The summed E-state index contributed by atoms with van der Waals surface area (Å²) in [6.07, 6.45) is 1.84. The molecule has 1 atom stereocenters. The summed E-state index contributed by atoms with van der Waals surface area (Å²) in [7, 11) is 4.10. The predicted octanol–water partition coefficient (Wildman–Crippen LogP) is 2.17. The molecule has 0 amide bonds. The van der Waals surface area contributed by atoms with Crippen LogP contribution in [-0.2, 0) is 13.6 Å². The van der Waals surface area contributed by atoms with Crippen molar-refractivity contribution in [2.24, 2.45) is 12.8 Å². The van der Waals surface area contributed by atoms with Gasteiger partial charge in [0.2, 0.25) is 0 Å². The maximum atomic E-state index is 5.75. The zero-order valence-electron chi connectivity index (χ0n) is 12.8. The molecule has 1 aromatic carbocycles. The van der Waals surface area contributed by atoms with Crippen LogP contribution in [0.15, 0.2) is 30.5 Å². The third kappa shape index (κ3) is 3.08. The quantitative estimate of drug-likeness (QED) is 0.907. The van der Waals surface area contributed by atoms with Gasteiger partial charge < -0.3 is 5.73 Å². The Morgan fingerprint density at radius 3 is 2.70 bits per heavy atom. The third-order valence-corrected chi connectivity index (χ3v) is 3.88. The monoisotopic (exact) mass is 272 g/mol. The van der Waals surface area contributed by atoms with Crippen LogP contribution >= 0.6 is 0 Å². The summed E-state index contributed by atoms with van der Waals surface area (Å²) < 4.78 is 1.92. The van der Waals surface area contributed by atoms with Crippen molar-refractivity contribution in [3.8, 4) is 11.3 Å². The Hall–Kier alpha value is -1.65. The zero-order chi connectivity index (χ0) is 14.7. The van der Waals surface area contributed by atoms with Crippen LogP contribution in [0.4, 0.5) is 0 Å². The van der Waals surface area contributed by atoms with Crippen LogP contribution in [0, 0.1) is 6.92 Å². The average molecular weight is 272 g/mol. The summed E-state index contributed by atoms with van der Waals surface area (Å²) in [6.45, 7) is 5.83.